The zero-order valence-corrected chi connectivity index (χ0v) is 10.1. The number of carbonyl (C=O) groups is 1. The fraction of sp³-hybridized carbons (Fsp3) is 0.444. The van der Waals surface area contributed by atoms with Crippen molar-refractivity contribution in [3.8, 4) is 0 Å². The summed E-state index contributed by atoms with van der Waals surface area (Å²) in [4.78, 5) is 22.5. The number of rotatable bonds is 3. The van der Waals surface area contributed by atoms with Gasteiger partial charge in [-0.05, 0) is 33.0 Å². The Kier molecular flexibility index (Phi) is 3.83. The molecule has 0 atom stereocenters. The molecule has 0 saturated heterocycles. The third-order valence-electron chi connectivity index (χ3n) is 1.79. The topological polar surface area (TPSA) is 80.1 Å². The second-order valence-corrected chi connectivity index (χ2v) is 3.83. The maximum atomic E-state index is 11.6. The van der Waals surface area contributed by atoms with Crippen molar-refractivity contribution < 1.29 is 4.79 Å². The first-order chi connectivity index (χ1) is 7.41. The fourth-order valence-electron chi connectivity index (χ4n) is 1.13. The highest BCUT2D eigenvalue weighted by atomic mass is 32.1. The molecule has 0 spiro atoms. The number of aromatic amines is 1. The van der Waals surface area contributed by atoms with E-state index in [1.807, 2.05) is 0 Å². The van der Waals surface area contributed by atoms with Crippen LogP contribution >= 0.6 is 12.2 Å². The van der Waals surface area contributed by atoms with Crippen molar-refractivity contribution in [3.63, 3.8) is 0 Å². The summed E-state index contributed by atoms with van der Waals surface area (Å²) >= 11 is 4.88. The highest BCUT2D eigenvalue weighted by Gasteiger charge is 2.03. The average molecular weight is 240 g/mol. The van der Waals surface area contributed by atoms with Gasteiger partial charge in [0.25, 0.3) is 5.56 Å². The van der Waals surface area contributed by atoms with Crippen LogP contribution < -0.4 is 5.56 Å². The van der Waals surface area contributed by atoms with Gasteiger partial charge < -0.3 is 0 Å². The van der Waals surface area contributed by atoms with Crippen LogP contribution in [0, 0.1) is 11.7 Å². The minimum absolute atomic E-state index is 0.0185. The largest absolute Gasteiger partial charge is 0.300 e. The minimum Gasteiger partial charge on any atom is -0.300 e. The van der Waals surface area contributed by atoms with Crippen LogP contribution in [0.2, 0.25) is 0 Å². The highest BCUT2D eigenvalue weighted by molar-refractivity contribution is 7.71. The van der Waals surface area contributed by atoms with Crippen LogP contribution in [0.5, 0.6) is 0 Å². The number of ketones is 1. The smallest absolute Gasteiger partial charge is 0.296 e. The summed E-state index contributed by atoms with van der Waals surface area (Å²) in [5.41, 5.74) is 0.416. The zero-order chi connectivity index (χ0) is 12.3. The van der Waals surface area contributed by atoms with Crippen LogP contribution in [-0.2, 0) is 4.79 Å². The molecular weight excluding hydrogens is 228 g/mol. The molecule has 0 unspecified atom stereocenters. The first-order valence-electron chi connectivity index (χ1n) is 4.64. The highest BCUT2D eigenvalue weighted by Crippen LogP contribution is 1.91. The van der Waals surface area contributed by atoms with Gasteiger partial charge in [-0.3, -0.25) is 14.7 Å². The number of hydrogen-bond acceptors (Lipinski definition) is 5. The van der Waals surface area contributed by atoms with E-state index < -0.39 is 0 Å². The second kappa shape index (κ2) is 4.93. The maximum Gasteiger partial charge on any atom is 0.296 e. The Hall–Kier alpha value is -1.63. The molecule has 1 heterocycles. The maximum absolute atomic E-state index is 11.6. The van der Waals surface area contributed by atoms with Crippen molar-refractivity contribution in [1.82, 2.24) is 14.9 Å². The van der Waals surface area contributed by atoms with Crippen LogP contribution in [-0.4, -0.2) is 26.4 Å². The molecule has 0 bridgehead atoms. The lowest BCUT2D eigenvalue weighted by Gasteiger charge is -2.01. The fourth-order valence-corrected chi connectivity index (χ4v) is 1.30. The Labute approximate surface area is 97.0 Å². The van der Waals surface area contributed by atoms with Crippen molar-refractivity contribution >= 4 is 23.7 Å². The van der Waals surface area contributed by atoms with Gasteiger partial charge in [0.15, 0.2) is 0 Å². The summed E-state index contributed by atoms with van der Waals surface area (Å²) in [5.74, 6) is -0.0185. The number of nitrogens with one attached hydrogen (secondary N) is 1. The molecule has 0 aromatic carbocycles. The number of aryl methyl sites for hydroxylation is 1. The van der Waals surface area contributed by atoms with Crippen LogP contribution in [0.25, 0.3) is 0 Å². The predicted octanol–water partition coefficient (Wildman–Crippen LogP) is 0.812. The van der Waals surface area contributed by atoms with Crippen molar-refractivity contribution in [2.75, 3.05) is 0 Å². The Morgan fingerprint density at radius 3 is 2.75 bits per heavy atom. The molecule has 1 rings (SSSR count). The predicted molar refractivity (Wildman–Crippen MR) is 62.2 cm³/mol. The molecule has 0 fully saturated rings. The summed E-state index contributed by atoms with van der Waals surface area (Å²) in [6, 6.07) is 0. The zero-order valence-electron chi connectivity index (χ0n) is 9.27. The quantitative estimate of drug-likeness (QED) is 0.626. The summed E-state index contributed by atoms with van der Waals surface area (Å²) in [5, 5.41) is 10.2. The number of hydrogen-bond donors (Lipinski definition) is 1. The molecule has 1 N–H and O–H groups in total. The van der Waals surface area contributed by atoms with Crippen molar-refractivity contribution in [2.45, 2.75) is 27.2 Å². The molecule has 0 aliphatic rings. The van der Waals surface area contributed by atoms with Crippen LogP contribution in [0.1, 0.15) is 26.0 Å². The van der Waals surface area contributed by atoms with E-state index in [-0.39, 0.29) is 28.2 Å². The molecule has 1 aromatic heterocycles. The average Bonchev–Trinajstić information content (AvgIpc) is 2.17. The van der Waals surface area contributed by atoms with E-state index in [1.165, 1.54) is 6.92 Å². The molecule has 0 radical (unpaired) electrons. The van der Waals surface area contributed by atoms with E-state index in [0.29, 0.717) is 5.71 Å². The lowest BCUT2D eigenvalue weighted by Crippen LogP contribution is -2.23. The van der Waals surface area contributed by atoms with Gasteiger partial charge in [-0.2, -0.15) is 14.9 Å². The first-order valence-corrected chi connectivity index (χ1v) is 5.05. The van der Waals surface area contributed by atoms with Gasteiger partial charge in [0.2, 0.25) is 4.77 Å². The molecule has 0 amide bonds. The van der Waals surface area contributed by atoms with Gasteiger partial charge in [-0.25, -0.2) is 0 Å². The molecule has 86 valence electrons. The van der Waals surface area contributed by atoms with Crippen LogP contribution in [0.15, 0.2) is 9.90 Å². The lowest BCUT2D eigenvalue weighted by molar-refractivity contribution is -0.115. The van der Waals surface area contributed by atoms with Gasteiger partial charge in [0, 0.05) is 12.1 Å². The number of H-pyrrole nitrogens is 1. The Bertz CT molecular complexity index is 555. The Morgan fingerprint density at radius 2 is 2.19 bits per heavy atom. The molecule has 0 aliphatic heterocycles. The van der Waals surface area contributed by atoms with E-state index in [0.717, 1.165) is 4.68 Å². The van der Waals surface area contributed by atoms with E-state index in [1.54, 1.807) is 13.8 Å². The molecule has 1 aromatic rings. The minimum atomic E-state index is -0.383. The summed E-state index contributed by atoms with van der Waals surface area (Å²) in [6.07, 6.45) is 0.197. The SMILES string of the molecule is CC(=O)CC(C)=Nn1c(=S)[nH]nc(C)c1=O. The standard InChI is InChI=1S/C9H12N4O2S/c1-5(4-6(2)14)12-13-8(15)7(3)10-11-9(13)16/h4H2,1-3H3,(H,11,16). The van der Waals surface area contributed by atoms with E-state index in [9.17, 15) is 9.59 Å². The number of carbonyl (C=O) groups excluding carboxylic acids is 1. The van der Waals surface area contributed by atoms with Gasteiger partial charge in [0.1, 0.15) is 11.5 Å². The molecular formula is C9H12N4O2S. The number of aromatic nitrogens is 3. The van der Waals surface area contributed by atoms with Gasteiger partial charge in [-0.15, -0.1) is 0 Å². The van der Waals surface area contributed by atoms with Gasteiger partial charge in [0.05, 0.1) is 0 Å². The van der Waals surface area contributed by atoms with Crippen LogP contribution in [0.3, 0.4) is 0 Å². The molecule has 7 heteroatoms. The Balaban J connectivity index is 3.25. The number of nitrogens with zero attached hydrogens (tertiary/aromatic N) is 3. The third kappa shape index (κ3) is 2.93. The van der Waals surface area contributed by atoms with E-state index in [4.69, 9.17) is 12.2 Å². The molecule has 6 nitrogen and oxygen atoms in total. The summed E-state index contributed by atoms with van der Waals surface area (Å²) in [7, 11) is 0. The third-order valence-corrected chi connectivity index (χ3v) is 2.05. The van der Waals surface area contributed by atoms with Crippen LogP contribution in [0.4, 0.5) is 0 Å². The first kappa shape index (κ1) is 12.4. The van der Waals surface area contributed by atoms with Crippen molar-refractivity contribution in [1.29, 1.82) is 0 Å². The van der Waals surface area contributed by atoms with E-state index in [2.05, 4.69) is 15.3 Å². The molecule has 16 heavy (non-hydrogen) atoms. The van der Waals surface area contributed by atoms with Crippen molar-refractivity contribution in [2.24, 2.45) is 5.10 Å². The lowest BCUT2D eigenvalue weighted by atomic mass is 10.2. The summed E-state index contributed by atoms with van der Waals surface area (Å²) < 4.78 is 1.15. The molecule has 0 aliphatic carbocycles. The summed E-state index contributed by atoms with van der Waals surface area (Å²) in [6.45, 7) is 4.68. The van der Waals surface area contributed by atoms with E-state index >= 15 is 0 Å². The van der Waals surface area contributed by atoms with Gasteiger partial charge in [-0.1, -0.05) is 0 Å². The van der Waals surface area contributed by atoms with Gasteiger partial charge >= 0.3 is 0 Å². The Morgan fingerprint density at radius 1 is 1.56 bits per heavy atom. The number of Topliss-reactive ketones (excluding diaryl/α,β-unsaturated/α-hetero) is 1. The van der Waals surface area contributed by atoms with Crippen molar-refractivity contribution in [3.05, 3.63) is 20.8 Å². The normalized spacial score (nSPS) is 11.6. The second-order valence-electron chi connectivity index (χ2n) is 3.45. The molecule has 0 saturated carbocycles. The monoisotopic (exact) mass is 240 g/mol.